The predicted octanol–water partition coefficient (Wildman–Crippen LogP) is 0.379. The van der Waals surface area contributed by atoms with Crippen LogP contribution in [0.4, 0.5) is 0 Å². The minimum absolute atomic E-state index is 0.0519. The molecule has 0 spiro atoms. The standard InChI is InChI=1S/C8H20N2O4S2/c1-2-3-4-5-6-7-8-10(15(11)12)16(9,13)14/h15H,2-8H2,1H3,(H2,9,13,14). The molecular weight excluding hydrogens is 252 g/mol. The molecule has 0 aliphatic rings. The minimum Gasteiger partial charge on any atom is -0.215 e. The third kappa shape index (κ3) is 7.15. The van der Waals surface area contributed by atoms with Gasteiger partial charge in [0.1, 0.15) is 0 Å². The van der Waals surface area contributed by atoms with Gasteiger partial charge in [-0.2, -0.15) is 8.42 Å². The summed E-state index contributed by atoms with van der Waals surface area (Å²) in [5.74, 6) is 0. The Hall–Kier alpha value is -0.180. The van der Waals surface area contributed by atoms with Gasteiger partial charge in [0, 0.05) is 6.54 Å². The monoisotopic (exact) mass is 272 g/mol. The molecule has 0 unspecified atom stereocenters. The van der Waals surface area contributed by atoms with Crippen molar-refractivity contribution in [1.82, 2.24) is 3.71 Å². The van der Waals surface area contributed by atoms with Crippen molar-refractivity contribution in [3.8, 4) is 0 Å². The van der Waals surface area contributed by atoms with Crippen LogP contribution in [0.5, 0.6) is 0 Å². The van der Waals surface area contributed by atoms with E-state index in [1.54, 1.807) is 0 Å². The lowest BCUT2D eigenvalue weighted by molar-refractivity contribution is 0.491. The van der Waals surface area contributed by atoms with Gasteiger partial charge < -0.3 is 0 Å². The van der Waals surface area contributed by atoms with Crippen LogP contribution in [0.25, 0.3) is 0 Å². The van der Waals surface area contributed by atoms with E-state index in [4.69, 9.17) is 5.14 Å². The molecule has 0 aliphatic carbocycles. The summed E-state index contributed by atoms with van der Waals surface area (Å²) in [4.78, 5) is 0. The van der Waals surface area contributed by atoms with Crippen molar-refractivity contribution in [2.75, 3.05) is 6.54 Å². The van der Waals surface area contributed by atoms with Gasteiger partial charge in [-0.05, 0) is 6.42 Å². The molecular formula is C8H20N2O4S2. The van der Waals surface area contributed by atoms with E-state index in [9.17, 15) is 16.8 Å². The van der Waals surface area contributed by atoms with Gasteiger partial charge in [0.05, 0.1) is 0 Å². The number of hydrogen-bond donors (Lipinski definition) is 2. The molecule has 0 heterocycles. The van der Waals surface area contributed by atoms with Crippen molar-refractivity contribution in [3.05, 3.63) is 0 Å². The Bertz CT molecular complexity index is 343. The fraction of sp³-hybridized carbons (Fsp3) is 1.00. The maximum Gasteiger partial charge on any atom is 0.289 e. The first-order valence-electron chi connectivity index (χ1n) is 5.34. The van der Waals surface area contributed by atoms with Crippen LogP contribution >= 0.6 is 0 Å². The lowest BCUT2D eigenvalue weighted by atomic mass is 10.1. The molecule has 16 heavy (non-hydrogen) atoms. The van der Waals surface area contributed by atoms with Crippen LogP contribution in [0.15, 0.2) is 0 Å². The number of nitrogens with zero attached hydrogens (tertiary/aromatic N) is 1. The summed E-state index contributed by atoms with van der Waals surface area (Å²) in [6.07, 6.45) is 5.69. The maximum absolute atomic E-state index is 10.9. The van der Waals surface area contributed by atoms with Gasteiger partial charge in [-0.25, -0.2) is 13.6 Å². The predicted molar refractivity (Wildman–Crippen MR) is 63.5 cm³/mol. The van der Waals surface area contributed by atoms with E-state index < -0.39 is 21.1 Å². The molecule has 6 nitrogen and oxygen atoms in total. The van der Waals surface area contributed by atoms with Gasteiger partial charge in [0.2, 0.25) is 10.9 Å². The van der Waals surface area contributed by atoms with Gasteiger partial charge in [-0.15, -0.1) is 0 Å². The average Bonchev–Trinajstić information content (AvgIpc) is 2.13. The molecule has 0 fully saturated rings. The molecule has 0 amide bonds. The number of unbranched alkanes of at least 4 members (excludes halogenated alkanes) is 5. The van der Waals surface area contributed by atoms with Crippen molar-refractivity contribution in [1.29, 1.82) is 0 Å². The first kappa shape index (κ1) is 15.8. The van der Waals surface area contributed by atoms with Crippen LogP contribution in [0.1, 0.15) is 45.4 Å². The molecule has 0 radical (unpaired) electrons. The first-order chi connectivity index (χ1) is 7.39. The van der Waals surface area contributed by atoms with E-state index in [-0.39, 0.29) is 6.54 Å². The molecule has 2 N–H and O–H groups in total. The zero-order valence-electron chi connectivity index (χ0n) is 9.46. The van der Waals surface area contributed by atoms with Crippen LogP contribution < -0.4 is 5.14 Å². The highest BCUT2D eigenvalue weighted by Gasteiger charge is 2.18. The van der Waals surface area contributed by atoms with Gasteiger partial charge in [0.15, 0.2) is 0 Å². The van der Waals surface area contributed by atoms with Crippen molar-refractivity contribution in [3.63, 3.8) is 0 Å². The summed E-state index contributed by atoms with van der Waals surface area (Å²) in [5, 5.41) is 4.76. The van der Waals surface area contributed by atoms with Crippen molar-refractivity contribution < 1.29 is 16.8 Å². The second-order valence-corrected chi connectivity index (χ2v) is 6.30. The van der Waals surface area contributed by atoms with E-state index >= 15 is 0 Å². The Morgan fingerprint density at radius 1 is 1.06 bits per heavy atom. The molecule has 0 bridgehead atoms. The zero-order chi connectivity index (χ0) is 12.6. The van der Waals surface area contributed by atoms with E-state index in [0.29, 0.717) is 10.1 Å². The fourth-order valence-corrected chi connectivity index (χ4v) is 2.76. The summed E-state index contributed by atoms with van der Waals surface area (Å²) >= 11 is 0. The quantitative estimate of drug-likeness (QED) is 0.468. The van der Waals surface area contributed by atoms with Crippen LogP contribution in [-0.2, 0) is 21.1 Å². The highest BCUT2D eigenvalue weighted by Crippen LogP contribution is 2.06. The highest BCUT2D eigenvalue weighted by atomic mass is 32.3. The van der Waals surface area contributed by atoms with E-state index in [2.05, 4.69) is 6.92 Å². The Morgan fingerprint density at radius 2 is 1.56 bits per heavy atom. The highest BCUT2D eigenvalue weighted by molar-refractivity contribution is 7.95. The van der Waals surface area contributed by atoms with E-state index in [1.165, 1.54) is 0 Å². The van der Waals surface area contributed by atoms with Crippen LogP contribution in [0, 0.1) is 0 Å². The molecule has 0 aromatic carbocycles. The van der Waals surface area contributed by atoms with Crippen molar-refractivity contribution in [2.24, 2.45) is 5.14 Å². The molecule has 0 atom stereocenters. The summed E-state index contributed by atoms with van der Waals surface area (Å²) in [6, 6.07) is 0. The third-order valence-electron chi connectivity index (χ3n) is 2.18. The molecule has 98 valence electrons. The largest absolute Gasteiger partial charge is 0.289 e. The molecule has 0 saturated heterocycles. The molecule has 0 aromatic rings. The van der Waals surface area contributed by atoms with Crippen LogP contribution in [-0.4, -0.2) is 27.1 Å². The maximum atomic E-state index is 10.9. The number of nitrogens with two attached hydrogens (primary N) is 1. The van der Waals surface area contributed by atoms with Gasteiger partial charge in [0.25, 0.3) is 10.2 Å². The lowest BCUT2D eigenvalue weighted by Gasteiger charge is -2.11. The summed E-state index contributed by atoms with van der Waals surface area (Å²) in [5.41, 5.74) is 0. The molecule has 0 rings (SSSR count). The Balaban J connectivity index is 3.89. The molecule has 0 aliphatic heterocycles. The SMILES string of the molecule is CCCCCCCCN([SH](=O)=O)S(N)(=O)=O. The summed E-state index contributed by atoms with van der Waals surface area (Å²) < 4.78 is 43.3. The summed E-state index contributed by atoms with van der Waals surface area (Å²) in [6.45, 7) is 2.05. The fourth-order valence-electron chi connectivity index (χ4n) is 1.33. The average molecular weight is 272 g/mol. The lowest BCUT2D eigenvalue weighted by Crippen LogP contribution is -2.36. The third-order valence-corrected chi connectivity index (χ3v) is 4.60. The first-order valence-corrected chi connectivity index (χ1v) is 7.97. The van der Waals surface area contributed by atoms with Gasteiger partial charge >= 0.3 is 0 Å². The number of hydrogen-bond acceptors (Lipinski definition) is 4. The normalized spacial score (nSPS) is 12.5. The number of rotatable bonds is 9. The van der Waals surface area contributed by atoms with E-state index in [1.807, 2.05) is 0 Å². The molecule has 8 heteroatoms. The van der Waals surface area contributed by atoms with Gasteiger partial charge in [-0.1, -0.05) is 42.7 Å². The second-order valence-electron chi connectivity index (χ2n) is 3.60. The van der Waals surface area contributed by atoms with E-state index in [0.717, 1.165) is 32.1 Å². The minimum atomic E-state index is -4.12. The Morgan fingerprint density at radius 3 is 2.00 bits per heavy atom. The van der Waals surface area contributed by atoms with Crippen molar-refractivity contribution >= 4 is 21.1 Å². The Kier molecular flexibility index (Phi) is 7.90. The zero-order valence-corrected chi connectivity index (χ0v) is 11.2. The van der Waals surface area contributed by atoms with Crippen molar-refractivity contribution in [2.45, 2.75) is 45.4 Å². The van der Waals surface area contributed by atoms with Gasteiger partial charge in [-0.3, -0.25) is 0 Å². The van der Waals surface area contributed by atoms with Crippen LogP contribution in [0.3, 0.4) is 0 Å². The number of thiol groups is 1. The topological polar surface area (TPSA) is 97.5 Å². The smallest absolute Gasteiger partial charge is 0.215 e. The molecule has 0 saturated carbocycles. The second kappa shape index (κ2) is 7.99. The van der Waals surface area contributed by atoms with Crippen LogP contribution in [0.2, 0.25) is 0 Å². The molecule has 0 aromatic heterocycles. The summed E-state index contributed by atoms with van der Waals surface area (Å²) in [7, 11) is -7.28. The Labute approximate surface area is 99.1 Å².